The number of amides is 1. The molecule has 10 nitrogen and oxygen atoms in total. The summed E-state index contributed by atoms with van der Waals surface area (Å²) in [6.07, 6.45) is 6.85. The number of rotatable bonds is 5. The van der Waals surface area contributed by atoms with Gasteiger partial charge >= 0.3 is 0 Å². The third-order valence-corrected chi connectivity index (χ3v) is 5.32. The summed E-state index contributed by atoms with van der Waals surface area (Å²) < 4.78 is 1.66. The molecule has 2 aromatic rings. The zero-order valence-electron chi connectivity index (χ0n) is 14.6. The van der Waals surface area contributed by atoms with Crippen LogP contribution in [0.15, 0.2) is 36.8 Å². The van der Waals surface area contributed by atoms with Crippen molar-refractivity contribution in [3.05, 3.63) is 52.5 Å². The average Bonchev–Trinajstić information content (AvgIpc) is 3.36. The van der Waals surface area contributed by atoms with Gasteiger partial charge in [-0.3, -0.25) is 20.3 Å². The number of carbonyl (C=O) groups is 1. The summed E-state index contributed by atoms with van der Waals surface area (Å²) in [5.74, 6) is 0.470. The summed E-state index contributed by atoms with van der Waals surface area (Å²) in [4.78, 5) is 27.8. The molecule has 2 aliphatic rings. The molecular weight excluding hydrogens is 350 g/mol. The first-order chi connectivity index (χ1) is 13.1. The van der Waals surface area contributed by atoms with Gasteiger partial charge in [0.1, 0.15) is 6.04 Å². The van der Waals surface area contributed by atoms with Crippen LogP contribution in [0.5, 0.6) is 0 Å². The van der Waals surface area contributed by atoms with E-state index in [1.807, 2.05) is 18.2 Å². The Labute approximate surface area is 155 Å². The summed E-state index contributed by atoms with van der Waals surface area (Å²) in [6.45, 7) is 0.347. The van der Waals surface area contributed by atoms with Crippen LogP contribution in [0.3, 0.4) is 0 Å². The number of aromatic nitrogens is 3. The molecule has 1 saturated carbocycles. The number of pyridine rings is 1. The van der Waals surface area contributed by atoms with Crippen molar-refractivity contribution < 1.29 is 9.72 Å². The lowest BCUT2D eigenvalue weighted by atomic mass is 9.79. The van der Waals surface area contributed by atoms with Gasteiger partial charge in [0.05, 0.1) is 0 Å². The molecule has 10 heteroatoms. The molecule has 142 valence electrons. The zero-order chi connectivity index (χ0) is 18.8. The van der Waals surface area contributed by atoms with Gasteiger partial charge in [-0.15, -0.1) is 0 Å². The Morgan fingerprint density at radius 3 is 2.96 bits per heavy atom. The van der Waals surface area contributed by atoms with E-state index in [4.69, 9.17) is 0 Å². The smallest absolute Gasteiger partial charge is 0.239 e. The molecule has 3 N–H and O–H groups in total. The molecule has 0 bridgehead atoms. The first-order valence-electron chi connectivity index (χ1n) is 8.99. The van der Waals surface area contributed by atoms with Crippen LogP contribution >= 0.6 is 0 Å². The van der Waals surface area contributed by atoms with Crippen molar-refractivity contribution in [2.24, 2.45) is 5.92 Å². The maximum absolute atomic E-state index is 12.6. The second-order valence-electron chi connectivity index (χ2n) is 6.98. The molecule has 2 fully saturated rings. The number of hydrogen-bond acceptors (Lipinski definition) is 7. The van der Waals surface area contributed by atoms with Crippen LogP contribution in [0.1, 0.15) is 24.8 Å². The van der Waals surface area contributed by atoms with Crippen LogP contribution in [0.4, 0.5) is 0 Å². The predicted molar refractivity (Wildman–Crippen MR) is 95.2 cm³/mol. The topological polar surface area (TPSA) is 127 Å². The van der Waals surface area contributed by atoms with E-state index >= 15 is 0 Å². The highest BCUT2D eigenvalue weighted by molar-refractivity contribution is 5.82. The minimum Gasteiger partial charge on any atom is -0.351 e. The van der Waals surface area contributed by atoms with E-state index in [1.165, 1.54) is 0 Å². The molecule has 27 heavy (non-hydrogen) atoms. The van der Waals surface area contributed by atoms with E-state index < -0.39 is 12.1 Å². The van der Waals surface area contributed by atoms with Crippen LogP contribution in [0.25, 0.3) is 5.82 Å². The van der Waals surface area contributed by atoms with Gasteiger partial charge in [-0.1, -0.05) is 6.07 Å². The molecule has 0 spiro atoms. The van der Waals surface area contributed by atoms with Crippen LogP contribution in [-0.2, 0) is 11.3 Å². The molecule has 1 saturated heterocycles. The van der Waals surface area contributed by atoms with Gasteiger partial charge in [0.15, 0.2) is 5.82 Å². The number of nitro groups is 1. The van der Waals surface area contributed by atoms with Crippen molar-refractivity contribution in [1.82, 2.24) is 30.9 Å². The third-order valence-electron chi connectivity index (χ3n) is 5.32. The fraction of sp³-hybridized carbons (Fsp3) is 0.471. The molecule has 4 unspecified atom stereocenters. The van der Waals surface area contributed by atoms with E-state index in [-0.39, 0.29) is 22.8 Å². The molecule has 4 rings (SSSR count). The second-order valence-corrected chi connectivity index (χ2v) is 6.98. The molecular formula is C17H21N7O3. The third kappa shape index (κ3) is 3.67. The quantitative estimate of drug-likeness (QED) is 0.505. The lowest BCUT2D eigenvalue weighted by Crippen LogP contribution is -2.46. The van der Waals surface area contributed by atoms with Crippen molar-refractivity contribution in [2.45, 2.75) is 43.9 Å². The van der Waals surface area contributed by atoms with E-state index in [0.29, 0.717) is 31.6 Å². The normalized spacial score (nSPS) is 27.1. The van der Waals surface area contributed by atoms with E-state index in [2.05, 4.69) is 26.3 Å². The van der Waals surface area contributed by atoms with Crippen LogP contribution < -0.4 is 16.2 Å². The summed E-state index contributed by atoms with van der Waals surface area (Å²) in [5, 5.41) is 18.1. The van der Waals surface area contributed by atoms with Gasteiger partial charge in [-0.05, 0) is 24.1 Å². The lowest BCUT2D eigenvalue weighted by molar-refractivity contribution is -0.528. The monoisotopic (exact) mass is 371 g/mol. The number of hydrogen-bond donors (Lipinski definition) is 3. The molecule has 0 aromatic carbocycles. The van der Waals surface area contributed by atoms with Crippen molar-refractivity contribution in [1.29, 1.82) is 0 Å². The van der Waals surface area contributed by atoms with E-state index in [0.717, 1.165) is 5.56 Å². The highest BCUT2D eigenvalue weighted by Gasteiger charge is 2.46. The number of fused-ring (bicyclic) bond motifs is 1. The fourth-order valence-electron chi connectivity index (χ4n) is 3.85. The summed E-state index contributed by atoms with van der Waals surface area (Å²) in [6, 6.07) is 4.61. The van der Waals surface area contributed by atoms with Crippen molar-refractivity contribution >= 4 is 5.91 Å². The minimum atomic E-state index is -0.567. The molecule has 2 aromatic heterocycles. The highest BCUT2D eigenvalue weighted by Crippen LogP contribution is 2.31. The Kier molecular flexibility index (Phi) is 4.82. The number of nitrogens with zero attached hydrogens (tertiary/aromatic N) is 4. The number of nitrogens with one attached hydrogen (secondary N) is 3. The Morgan fingerprint density at radius 2 is 2.26 bits per heavy atom. The van der Waals surface area contributed by atoms with E-state index in [1.54, 1.807) is 23.3 Å². The van der Waals surface area contributed by atoms with Gasteiger partial charge in [-0.25, -0.2) is 15.1 Å². The lowest BCUT2D eigenvalue weighted by Gasteiger charge is -2.28. The van der Waals surface area contributed by atoms with Gasteiger partial charge in [0.25, 0.3) is 0 Å². The standard InChI is InChI=1S/C17H21N7O3/c25-17(16-13-8-12(24(26)27)3-4-14(13)21-22-16)19-10-11-2-5-15(18-9-11)23-7-1-6-20-23/h1-2,5-7,9,12-14,16,21-22H,3-4,8,10H2,(H,19,25). The summed E-state index contributed by atoms with van der Waals surface area (Å²) >= 11 is 0. The predicted octanol–water partition coefficient (Wildman–Crippen LogP) is 0.174. The maximum atomic E-state index is 12.6. The van der Waals surface area contributed by atoms with Crippen molar-refractivity contribution in [2.75, 3.05) is 0 Å². The van der Waals surface area contributed by atoms with Crippen LogP contribution in [0.2, 0.25) is 0 Å². The Morgan fingerprint density at radius 1 is 1.37 bits per heavy atom. The first-order valence-corrected chi connectivity index (χ1v) is 8.99. The average molecular weight is 371 g/mol. The van der Waals surface area contributed by atoms with Crippen LogP contribution in [-0.4, -0.2) is 43.7 Å². The molecule has 4 atom stereocenters. The van der Waals surface area contributed by atoms with Gasteiger partial charge in [0.2, 0.25) is 11.9 Å². The van der Waals surface area contributed by atoms with Gasteiger partial charge in [0, 0.05) is 54.9 Å². The maximum Gasteiger partial charge on any atom is 0.239 e. The van der Waals surface area contributed by atoms with Gasteiger partial charge in [-0.2, -0.15) is 5.10 Å². The fourth-order valence-corrected chi connectivity index (χ4v) is 3.85. The van der Waals surface area contributed by atoms with Crippen LogP contribution in [0, 0.1) is 16.0 Å². The Hall–Kier alpha value is -2.85. The second kappa shape index (κ2) is 7.41. The summed E-state index contributed by atoms with van der Waals surface area (Å²) in [7, 11) is 0. The molecule has 3 heterocycles. The Balaban J connectivity index is 1.34. The first kappa shape index (κ1) is 17.6. The van der Waals surface area contributed by atoms with Crippen molar-refractivity contribution in [3.8, 4) is 5.82 Å². The van der Waals surface area contributed by atoms with E-state index in [9.17, 15) is 14.9 Å². The molecule has 0 radical (unpaired) electrons. The highest BCUT2D eigenvalue weighted by atomic mass is 16.6. The SMILES string of the molecule is O=C(NCc1ccc(-n2cccn2)nc1)C1NNC2CCC([N+](=O)[O-])CC21. The zero-order valence-corrected chi connectivity index (χ0v) is 14.6. The number of carbonyl (C=O) groups excluding carboxylic acids is 1. The molecule has 1 aliphatic carbocycles. The Bertz CT molecular complexity index is 808. The van der Waals surface area contributed by atoms with Crippen molar-refractivity contribution in [3.63, 3.8) is 0 Å². The number of hydrazine groups is 1. The molecule has 1 amide bonds. The molecule has 1 aliphatic heterocycles. The van der Waals surface area contributed by atoms with Gasteiger partial charge < -0.3 is 5.32 Å². The largest absolute Gasteiger partial charge is 0.351 e. The summed E-state index contributed by atoms with van der Waals surface area (Å²) in [5.41, 5.74) is 6.99. The minimum absolute atomic E-state index is 0.0746.